The molecule has 1 aliphatic heterocycles. The lowest BCUT2D eigenvalue weighted by molar-refractivity contribution is 0.123. The highest BCUT2D eigenvalue weighted by atomic mass is 32.1. The number of likely N-dealkylation sites (tertiary alicyclic amines) is 1. The van der Waals surface area contributed by atoms with E-state index in [-0.39, 0.29) is 6.10 Å². The fourth-order valence-corrected chi connectivity index (χ4v) is 3.59. The van der Waals surface area contributed by atoms with Gasteiger partial charge in [-0.1, -0.05) is 0 Å². The molecule has 3 heterocycles. The lowest BCUT2D eigenvalue weighted by Crippen LogP contribution is -2.36. The molecule has 6 heteroatoms. The molecule has 1 atom stereocenters. The molecule has 1 unspecified atom stereocenters. The Morgan fingerprint density at radius 1 is 1.41 bits per heavy atom. The van der Waals surface area contributed by atoms with Crippen molar-refractivity contribution in [2.75, 3.05) is 26.2 Å². The van der Waals surface area contributed by atoms with Crippen molar-refractivity contribution >= 4 is 11.3 Å². The predicted molar refractivity (Wildman–Crippen MR) is 87.9 cm³/mol. The number of aliphatic hydroxyl groups excluding tert-OH is 1. The molecule has 0 amide bonds. The highest BCUT2D eigenvalue weighted by Gasteiger charge is 2.15. The monoisotopic (exact) mass is 321 g/mol. The summed E-state index contributed by atoms with van der Waals surface area (Å²) in [6.45, 7) is 6.29. The van der Waals surface area contributed by atoms with E-state index < -0.39 is 0 Å². The van der Waals surface area contributed by atoms with Gasteiger partial charge in [-0.15, -0.1) is 11.3 Å². The summed E-state index contributed by atoms with van der Waals surface area (Å²) in [5.41, 5.74) is 0. The van der Waals surface area contributed by atoms with E-state index in [1.54, 1.807) is 11.3 Å². The SMILES string of the molecule is Cc1ccc(-c2ncc(CNCC(O)CN3CCCC3)s2)o1. The molecule has 22 heavy (non-hydrogen) atoms. The Balaban J connectivity index is 1.43. The Bertz CT molecular complexity index is 590. The van der Waals surface area contributed by atoms with E-state index in [1.807, 2.05) is 25.3 Å². The Kier molecular flexibility index (Phi) is 5.25. The molecule has 2 aromatic heterocycles. The van der Waals surface area contributed by atoms with Crippen molar-refractivity contribution in [3.05, 3.63) is 29.0 Å². The van der Waals surface area contributed by atoms with Crippen molar-refractivity contribution < 1.29 is 9.52 Å². The molecule has 0 aromatic carbocycles. The molecular weight excluding hydrogens is 298 g/mol. The van der Waals surface area contributed by atoms with Crippen LogP contribution in [0.1, 0.15) is 23.5 Å². The molecule has 0 saturated carbocycles. The van der Waals surface area contributed by atoms with Gasteiger partial charge in [-0.2, -0.15) is 0 Å². The largest absolute Gasteiger partial charge is 0.459 e. The number of rotatable bonds is 7. The summed E-state index contributed by atoms with van der Waals surface area (Å²) in [4.78, 5) is 7.87. The molecule has 0 spiro atoms. The van der Waals surface area contributed by atoms with Gasteiger partial charge in [0.15, 0.2) is 10.8 Å². The molecule has 2 N–H and O–H groups in total. The van der Waals surface area contributed by atoms with E-state index in [9.17, 15) is 5.11 Å². The zero-order valence-electron chi connectivity index (χ0n) is 12.9. The van der Waals surface area contributed by atoms with Crippen molar-refractivity contribution in [1.29, 1.82) is 0 Å². The number of aryl methyl sites for hydroxylation is 1. The van der Waals surface area contributed by atoms with Crippen LogP contribution in [0.3, 0.4) is 0 Å². The van der Waals surface area contributed by atoms with Crippen LogP contribution in [0.15, 0.2) is 22.7 Å². The first-order valence-electron chi connectivity index (χ1n) is 7.83. The van der Waals surface area contributed by atoms with Crippen LogP contribution in [-0.2, 0) is 6.54 Å². The quantitative estimate of drug-likeness (QED) is 0.819. The second kappa shape index (κ2) is 7.37. The minimum Gasteiger partial charge on any atom is -0.459 e. The van der Waals surface area contributed by atoms with Gasteiger partial charge >= 0.3 is 0 Å². The van der Waals surface area contributed by atoms with Crippen molar-refractivity contribution in [2.45, 2.75) is 32.4 Å². The average Bonchev–Trinajstić information content (AvgIpc) is 3.20. The lowest BCUT2D eigenvalue weighted by Gasteiger charge is -2.19. The fraction of sp³-hybridized carbons (Fsp3) is 0.562. The fourth-order valence-electron chi connectivity index (χ4n) is 2.74. The first-order chi connectivity index (χ1) is 10.7. The summed E-state index contributed by atoms with van der Waals surface area (Å²) in [6, 6.07) is 3.90. The minimum absolute atomic E-state index is 0.307. The summed E-state index contributed by atoms with van der Waals surface area (Å²) in [5, 5.41) is 14.3. The van der Waals surface area contributed by atoms with Gasteiger partial charge in [0.05, 0.1) is 6.10 Å². The second-order valence-corrected chi connectivity index (χ2v) is 6.95. The Morgan fingerprint density at radius 2 is 2.23 bits per heavy atom. The van der Waals surface area contributed by atoms with E-state index in [4.69, 9.17) is 4.42 Å². The molecule has 0 bridgehead atoms. The Morgan fingerprint density at radius 3 is 2.95 bits per heavy atom. The van der Waals surface area contributed by atoms with Gasteiger partial charge in [-0.05, 0) is 45.0 Å². The van der Waals surface area contributed by atoms with Crippen LogP contribution in [0, 0.1) is 6.92 Å². The maximum absolute atomic E-state index is 10.0. The normalized spacial score (nSPS) is 17.2. The number of aliphatic hydroxyl groups is 1. The van der Waals surface area contributed by atoms with E-state index in [1.165, 1.54) is 12.8 Å². The standard InChI is InChI=1S/C16H23N3O2S/c1-12-4-5-15(21-12)16-18-10-14(22-16)9-17-8-13(20)11-19-6-2-3-7-19/h4-5,10,13,17,20H,2-3,6-9,11H2,1H3. The predicted octanol–water partition coefficient (Wildman–Crippen LogP) is 2.26. The van der Waals surface area contributed by atoms with E-state index in [2.05, 4.69) is 15.2 Å². The molecule has 0 radical (unpaired) electrons. The maximum Gasteiger partial charge on any atom is 0.162 e. The molecule has 2 aromatic rings. The van der Waals surface area contributed by atoms with Crippen molar-refractivity contribution in [3.8, 4) is 10.8 Å². The number of thiazole rings is 1. The number of hydrogen-bond donors (Lipinski definition) is 2. The van der Waals surface area contributed by atoms with Crippen LogP contribution in [0.2, 0.25) is 0 Å². The van der Waals surface area contributed by atoms with Crippen LogP contribution >= 0.6 is 11.3 Å². The number of aromatic nitrogens is 1. The number of hydrogen-bond acceptors (Lipinski definition) is 6. The molecule has 1 saturated heterocycles. The summed E-state index contributed by atoms with van der Waals surface area (Å²) in [6.07, 6.45) is 4.09. The second-order valence-electron chi connectivity index (χ2n) is 5.83. The average molecular weight is 321 g/mol. The van der Waals surface area contributed by atoms with E-state index in [0.29, 0.717) is 6.54 Å². The molecule has 3 rings (SSSR count). The van der Waals surface area contributed by atoms with Gasteiger partial charge in [-0.25, -0.2) is 4.98 Å². The molecule has 120 valence electrons. The molecule has 0 aliphatic carbocycles. The minimum atomic E-state index is -0.307. The highest BCUT2D eigenvalue weighted by Crippen LogP contribution is 2.26. The van der Waals surface area contributed by atoms with Crippen molar-refractivity contribution in [3.63, 3.8) is 0 Å². The first kappa shape index (κ1) is 15.7. The molecule has 1 fully saturated rings. The zero-order chi connectivity index (χ0) is 15.4. The van der Waals surface area contributed by atoms with Gasteiger partial charge in [0.1, 0.15) is 5.76 Å². The maximum atomic E-state index is 10.0. The van der Waals surface area contributed by atoms with E-state index >= 15 is 0 Å². The van der Waals surface area contributed by atoms with Gasteiger partial charge < -0.3 is 19.7 Å². The third kappa shape index (κ3) is 4.16. The van der Waals surface area contributed by atoms with Crippen LogP contribution in [0.4, 0.5) is 0 Å². The van der Waals surface area contributed by atoms with E-state index in [0.717, 1.165) is 47.6 Å². The van der Waals surface area contributed by atoms with Gasteiger partial charge in [0.2, 0.25) is 0 Å². The topological polar surface area (TPSA) is 61.5 Å². The van der Waals surface area contributed by atoms with Gasteiger partial charge in [0.25, 0.3) is 0 Å². The molecule has 1 aliphatic rings. The summed E-state index contributed by atoms with van der Waals surface area (Å²) >= 11 is 1.62. The van der Waals surface area contributed by atoms with Gasteiger partial charge in [-0.3, -0.25) is 0 Å². The third-order valence-electron chi connectivity index (χ3n) is 3.85. The van der Waals surface area contributed by atoms with Crippen molar-refractivity contribution in [2.24, 2.45) is 0 Å². The first-order valence-corrected chi connectivity index (χ1v) is 8.65. The van der Waals surface area contributed by atoms with Crippen molar-refractivity contribution in [1.82, 2.24) is 15.2 Å². The third-order valence-corrected chi connectivity index (χ3v) is 4.86. The summed E-state index contributed by atoms with van der Waals surface area (Å²) < 4.78 is 5.58. The number of β-amino-alcohol motifs (C(OH)–C–C–N with tert-alkyl or cyclic N) is 1. The van der Waals surface area contributed by atoms with Crippen LogP contribution in [-0.4, -0.2) is 47.3 Å². The Hall–Kier alpha value is -1.21. The molecule has 5 nitrogen and oxygen atoms in total. The zero-order valence-corrected chi connectivity index (χ0v) is 13.7. The highest BCUT2D eigenvalue weighted by molar-refractivity contribution is 7.14. The summed E-state index contributed by atoms with van der Waals surface area (Å²) in [5.74, 6) is 1.72. The Labute approximate surface area is 135 Å². The lowest BCUT2D eigenvalue weighted by atomic mass is 10.3. The number of nitrogens with one attached hydrogen (secondary N) is 1. The van der Waals surface area contributed by atoms with Crippen LogP contribution in [0.5, 0.6) is 0 Å². The number of furan rings is 1. The van der Waals surface area contributed by atoms with Gasteiger partial charge in [0, 0.05) is 30.7 Å². The molecular formula is C16H23N3O2S. The van der Waals surface area contributed by atoms with Crippen LogP contribution < -0.4 is 5.32 Å². The smallest absolute Gasteiger partial charge is 0.162 e. The number of nitrogens with zero attached hydrogens (tertiary/aromatic N) is 2. The summed E-state index contributed by atoms with van der Waals surface area (Å²) in [7, 11) is 0. The van der Waals surface area contributed by atoms with Crippen LogP contribution in [0.25, 0.3) is 10.8 Å².